The summed E-state index contributed by atoms with van der Waals surface area (Å²) in [5.41, 5.74) is 0. The van der Waals surface area contributed by atoms with Crippen LogP contribution in [-0.4, -0.2) is 28.8 Å². The normalized spacial score (nSPS) is 21.5. The maximum atomic E-state index is 4.20. The molecule has 15 heavy (non-hydrogen) atoms. The van der Waals surface area contributed by atoms with E-state index in [9.17, 15) is 0 Å². The van der Waals surface area contributed by atoms with Crippen molar-refractivity contribution < 1.29 is 0 Å². The molecular formula is C11H17N3S. The van der Waals surface area contributed by atoms with E-state index < -0.39 is 0 Å². The summed E-state index contributed by atoms with van der Waals surface area (Å²) >= 11 is 1.76. The first-order chi connectivity index (χ1) is 7.45. The Labute approximate surface area is 95.1 Å². The fourth-order valence-electron chi connectivity index (χ4n) is 1.85. The average Bonchev–Trinajstić information content (AvgIpc) is 2.32. The molecule has 1 fully saturated rings. The Hall–Kier alpha value is -0.610. The lowest BCUT2D eigenvalue weighted by Crippen LogP contribution is -2.29. The van der Waals surface area contributed by atoms with Crippen LogP contribution >= 0.6 is 11.8 Å². The molecule has 2 rings (SSSR count). The molecule has 82 valence electrons. The fraction of sp³-hybridized carbons (Fsp3) is 0.636. The zero-order valence-corrected chi connectivity index (χ0v) is 9.67. The number of rotatable bonds is 4. The highest BCUT2D eigenvalue weighted by Crippen LogP contribution is 2.19. The molecule has 1 aliphatic heterocycles. The lowest BCUT2D eigenvalue weighted by atomic mass is 9.97. The molecule has 1 unspecified atom stereocenters. The lowest BCUT2D eigenvalue weighted by Gasteiger charge is -2.22. The largest absolute Gasteiger partial charge is 0.316 e. The van der Waals surface area contributed by atoms with E-state index in [-0.39, 0.29) is 0 Å². The Morgan fingerprint density at radius 3 is 3.00 bits per heavy atom. The second kappa shape index (κ2) is 6.08. The van der Waals surface area contributed by atoms with Crippen molar-refractivity contribution in [3.05, 3.63) is 18.5 Å². The predicted octanol–water partition coefficient (Wildman–Crippen LogP) is 1.96. The Morgan fingerprint density at radius 2 is 2.27 bits per heavy atom. The molecule has 1 N–H and O–H groups in total. The van der Waals surface area contributed by atoms with Gasteiger partial charge in [-0.2, -0.15) is 0 Å². The van der Waals surface area contributed by atoms with Crippen LogP contribution in [0.3, 0.4) is 0 Å². The van der Waals surface area contributed by atoms with E-state index in [1.54, 1.807) is 24.2 Å². The van der Waals surface area contributed by atoms with Crippen LogP contribution in [0.15, 0.2) is 23.6 Å². The third-order valence-corrected chi connectivity index (χ3v) is 3.61. The maximum Gasteiger partial charge on any atom is 0.187 e. The van der Waals surface area contributed by atoms with Gasteiger partial charge in [-0.25, -0.2) is 9.97 Å². The smallest absolute Gasteiger partial charge is 0.187 e. The number of nitrogens with one attached hydrogen (secondary N) is 1. The molecule has 0 amide bonds. The Morgan fingerprint density at radius 1 is 1.40 bits per heavy atom. The summed E-state index contributed by atoms with van der Waals surface area (Å²) in [6, 6.07) is 1.86. The number of piperidine rings is 1. The summed E-state index contributed by atoms with van der Waals surface area (Å²) in [5.74, 6) is 1.99. The summed E-state index contributed by atoms with van der Waals surface area (Å²) in [7, 11) is 0. The van der Waals surface area contributed by atoms with Crippen LogP contribution in [0, 0.1) is 5.92 Å². The van der Waals surface area contributed by atoms with Crippen LogP contribution in [0.5, 0.6) is 0 Å². The second-order valence-corrected chi connectivity index (χ2v) is 4.94. The SMILES string of the molecule is c1cnc(SCCC2CCCNC2)nc1. The molecule has 1 aromatic rings. The van der Waals surface area contributed by atoms with E-state index in [1.807, 2.05) is 6.07 Å². The van der Waals surface area contributed by atoms with Gasteiger partial charge in [-0.1, -0.05) is 11.8 Å². The minimum absolute atomic E-state index is 0.856. The van der Waals surface area contributed by atoms with Crippen molar-refractivity contribution in [1.29, 1.82) is 0 Å². The molecule has 2 heterocycles. The summed E-state index contributed by atoms with van der Waals surface area (Å²) in [4.78, 5) is 8.40. The van der Waals surface area contributed by atoms with E-state index in [4.69, 9.17) is 0 Å². The summed E-state index contributed by atoms with van der Waals surface area (Å²) < 4.78 is 0. The van der Waals surface area contributed by atoms with Gasteiger partial charge in [-0.15, -0.1) is 0 Å². The summed E-state index contributed by atoms with van der Waals surface area (Å²) in [5, 5.41) is 4.35. The summed E-state index contributed by atoms with van der Waals surface area (Å²) in [6.45, 7) is 2.39. The Balaban J connectivity index is 1.66. The third kappa shape index (κ3) is 3.80. The molecular weight excluding hydrogens is 206 g/mol. The topological polar surface area (TPSA) is 37.8 Å². The van der Waals surface area contributed by atoms with Gasteiger partial charge in [0.1, 0.15) is 0 Å². The molecule has 1 aliphatic rings. The molecule has 4 heteroatoms. The quantitative estimate of drug-likeness (QED) is 0.625. The van der Waals surface area contributed by atoms with Gasteiger partial charge < -0.3 is 5.32 Å². The number of hydrogen-bond donors (Lipinski definition) is 1. The predicted molar refractivity (Wildman–Crippen MR) is 63.0 cm³/mol. The monoisotopic (exact) mass is 223 g/mol. The van der Waals surface area contributed by atoms with E-state index in [2.05, 4.69) is 15.3 Å². The highest BCUT2D eigenvalue weighted by atomic mass is 32.2. The molecule has 0 saturated carbocycles. The summed E-state index contributed by atoms with van der Waals surface area (Å²) in [6.07, 6.45) is 7.59. The van der Waals surface area contributed by atoms with Crippen molar-refractivity contribution in [2.75, 3.05) is 18.8 Å². The van der Waals surface area contributed by atoms with Crippen LogP contribution < -0.4 is 5.32 Å². The molecule has 0 spiro atoms. The van der Waals surface area contributed by atoms with Crippen molar-refractivity contribution in [3.8, 4) is 0 Å². The molecule has 0 radical (unpaired) electrons. The molecule has 3 nitrogen and oxygen atoms in total. The van der Waals surface area contributed by atoms with Gasteiger partial charge in [0.15, 0.2) is 5.16 Å². The van der Waals surface area contributed by atoms with Gasteiger partial charge in [0, 0.05) is 18.1 Å². The average molecular weight is 223 g/mol. The number of aromatic nitrogens is 2. The van der Waals surface area contributed by atoms with E-state index >= 15 is 0 Å². The highest BCUT2D eigenvalue weighted by molar-refractivity contribution is 7.99. The van der Waals surface area contributed by atoms with Crippen LogP contribution in [0.4, 0.5) is 0 Å². The molecule has 0 aromatic carbocycles. The van der Waals surface area contributed by atoms with Crippen molar-refractivity contribution in [1.82, 2.24) is 15.3 Å². The molecule has 1 atom stereocenters. The van der Waals surface area contributed by atoms with Crippen molar-refractivity contribution in [3.63, 3.8) is 0 Å². The Kier molecular flexibility index (Phi) is 4.41. The molecule has 1 saturated heterocycles. The van der Waals surface area contributed by atoms with Crippen molar-refractivity contribution >= 4 is 11.8 Å². The first-order valence-corrected chi connectivity index (χ1v) is 6.54. The Bertz CT molecular complexity index is 272. The van der Waals surface area contributed by atoms with Gasteiger partial charge in [-0.05, 0) is 44.3 Å². The fourth-order valence-corrected chi connectivity index (χ4v) is 2.75. The van der Waals surface area contributed by atoms with Gasteiger partial charge in [-0.3, -0.25) is 0 Å². The minimum Gasteiger partial charge on any atom is -0.316 e. The zero-order chi connectivity index (χ0) is 10.3. The van der Waals surface area contributed by atoms with E-state index in [1.165, 1.54) is 32.4 Å². The van der Waals surface area contributed by atoms with Crippen molar-refractivity contribution in [2.45, 2.75) is 24.4 Å². The lowest BCUT2D eigenvalue weighted by molar-refractivity contribution is 0.371. The van der Waals surface area contributed by atoms with Crippen LogP contribution in [0.25, 0.3) is 0 Å². The molecule has 0 bridgehead atoms. The standard InChI is InChI=1S/C11H17N3S/c1-3-10(9-12-5-1)4-8-15-11-13-6-2-7-14-11/h2,6-7,10,12H,1,3-5,8-9H2. The first kappa shape index (κ1) is 10.9. The van der Waals surface area contributed by atoms with Gasteiger partial charge in [0.25, 0.3) is 0 Å². The van der Waals surface area contributed by atoms with E-state index in [0.717, 1.165) is 16.8 Å². The molecule has 1 aromatic heterocycles. The highest BCUT2D eigenvalue weighted by Gasteiger charge is 2.12. The van der Waals surface area contributed by atoms with Crippen LogP contribution in [0.2, 0.25) is 0 Å². The third-order valence-electron chi connectivity index (χ3n) is 2.70. The minimum atomic E-state index is 0.856. The van der Waals surface area contributed by atoms with Gasteiger partial charge >= 0.3 is 0 Å². The van der Waals surface area contributed by atoms with E-state index in [0.29, 0.717) is 0 Å². The zero-order valence-electron chi connectivity index (χ0n) is 8.85. The second-order valence-electron chi connectivity index (χ2n) is 3.88. The number of thioether (sulfide) groups is 1. The first-order valence-electron chi connectivity index (χ1n) is 5.55. The molecule has 0 aliphatic carbocycles. The maximum absolute atomic E-state index is 4.20. The van der Waals surface area contributed by atoms with Crippen LogP contribution in [0.1, 0.15) is 19.3 Å². The van der Waals surface area contributed by atoms with Gasteiger partial charge in [0.2, 0.25) is 0 Å². The van der Waals surface area contributed by atoms with Gasteiger partial charge in [0.05, 0.1) is 0 Å². The van der Waals surface area contributed by atoms with Crippen LogP contribution in [-0.2, 0) is 0 Å². The number of nitrogens with zero attached hydrogens (tertiary/aromatic N) is 2. The van der Waals surface area contributed by atoms with Crippen molar-refractivity contribution in [2.24, 2.45) is 5.92 Å². The number of hydrogen-bond acceptors (Lipinski definition) is 4.